The Kier molecular flexibility index (Phi) is 4.82. The first-order valence-electron chi connectivity index (χ1n) is 10.0. The first kappa shape index (κ1) is 21.3. The van der Waals surface area contributed by atoms with Crippen LogP contribution < -0.4 is 15.5 Å². The van der Waals surface area contributed by atoms with Crippen LogP contribution >= 0.6 is 0 Å². The third-order valence-electron chi connectivity index (χ3n) is 5.85. The highest BCUT2D eigenvalue weighted by molar-refractivity contribution is 6.20. The lowest BCUT2D eigenvalue weighted by Gasteiger charge is -2.34. The van der Waals surface area contributed by atoms with E-state index in [4.69, 9.17) is 9.15 Å². The molecule has 33 heavy (non-hydrogen) atoms. The van der Waals surface area contributed by atoms with Gasteiger partial charge >= 0.3 is 6.18 Å². The fraction of sp³-hybridized carbons (Fsp3) is 0.273. The predicted octanol–water partition coefficient (Wildman–Crippen LogP) is 3.70. The average Bonchev–Trinajstić information content (AvgIpc) is 3.36. The van der Waals surface area contributed by atoms with Crippen molar-refractivity contribution in [3.63, 3.8) is 0 Å². The Balaban J connectivity index is 1.58. The maximum absolute atomic E-state index is 13.9. The van der Waals surface area contributed by atoms with E-state index >= 15 is 0 Å². The van der Waals surface area contributed by atoms with Gasteiger partial charge in [0.05, 0.1) is 13.0 Å². The maximum atomic E-state index is 13.9. The molecule has 3 aromatic rings. The highest BCUT2D eigenvalue weighted by Gasteiger charge is 2.58. The van der Waals surface area contributed by atoms with Crippen molar-refractivity contribution in [1.29, 1.82) is 0 Å². The van der Waals surface area contributed by atoms with Crippen molar-refractivity contribution < 1.29 is 31.5 Å². The van der Waals surface area contributed by atoms with Crippen LogP contribution in [0.4, 0.5) is 17.6 Å². The summed E-state index contributed by atoms with van der Waals surface area (Å²) in [5.41, 5.74) is 3.59. The average molecular weight is 462 g/mol. The summed E-state index contributed by atoms with van der Waals surface area (Å²) >= 11 is 0. The fourth-order valence-corrected chi connectivity index (χ4v) is 4.35. The zero-order valence-corrected chi connectivity index (χ0v) is 17.4. The van der Waals surface area contributed by atoms with E-state index in [1.54, 1.807) is 25.1 Å². The van der Waals surface area contributed by atoms with E-state index in [2.05, 4.69) is 15.7 Å². The number of carbonyl (C=O) groups is 1. The molecule has 1 saturated heterocycles. The molecule has 11 heteroatoms. The number of alkyl halides is 3. The van der Waals surface area contributed by atoms with Crippen LogP contribution in [0, 0.1) is 5.82 Å². The molecule has 7 nitrogen and oxygen atoms in total. The zero-order chi connectivity index (χ0) is 23.5. The fourth-order valence-electron chi connectivity index (χ4n) is 4.35. The summed E-state index contributed by atoms with van der Waals surface area (Å²) in [6.45, 7) is 1.57. The van der Waals surface area contributed by atoms with Crippen LogP contribution in [-0.4, -0.2) is 41.4 Å². The van der Waals surface area contributed by atoms with Crippen molar-refractivity contribution in [2.24, 2.45) is 0 Å². The first-order valence-corrected chi connectivity index (χ1v) is 10.0. The number of oxazole rings is 1. The molecule has 0 spiro atoms. The second kappa shape index (κ2) is 7.48. The molecule has 3 heterocycles. The largest absolute Gasteiger partial charge is 0.494 e. The number of hydrogen-bond acceptors (Lipinski definition) is 6. The third-order valence-corrected chi connectivity index (χ3v) is 5.85. The smallest absolute Gasteiger partial charge is 0.406 e. The Morgan fingerprint density at radius 1 is 1.15 bits per heavy atom. The molecule has 0 bridgehead atoms. The van der Waals surface area contributed by atoms with Gasteiger partial charge in [0.2, 0.25) is 5.89 Å². The van der Waals surface area contributed by atoms with E-state index < -0.39 is 36.0 Å². The molecule has 1 fully saturated rings. The molecule has 5 rings (SSSR count). The Morgan fingerprint density at radius 2 is 1.88 bits per heavy atom. The highest BCUT2D eigenvalue weighted by atomic mass is 19.4. The van der Waals surface area contributed by atoms with Gasteiger partial charge in [0.15, 0.2) is 11.1 Å². The molecular weight excluding hydrogens is 444 g/mol. The van der Waals surface area contributed by atoms with Crippen LogP contribution in [0.1, 0.15) is 24.3 Å². The predicted molar refractivity (Wildman–Crippen MR) is 109 cm³/mol. The second-order valence-corrected chi connectivity index (χ2v) is 7.82. The monoisotopic (exact) mass is 462 g/mol. The Labute approximate surface area is 185 Å². The summed E-state index contributed by atoms with van der Waals surface area (Å²) in [5.74, 6) is -2.11. The summed E-state index contributed by atoms with van der Waals surface area (Å²) in [6.07, 6.45) is -5.73. The van der Waals surface area contributed by atoms with Gasteiger partial charge < -0.3 is 14.5 Å². The van der Waals surface area contributed by atoms with Crippen LogP contribution in [0.15, 0.2) is 52.6 Å². The third kappa shape index (κ3) is 3.39. The topological polar surface area (TPSA) is 79.6 Å². The van der Waals surface area contributed by atoms with E-state index in [9.17, 15) is 22.4 Å². The number of rotatable bonds is 3. The lowest BCUT2D eigenvalue weighted by atomic mass is 9.89. The number of benzene rings is 2. The number of methoxy groups -OCH3 is 1. The summed E-state index contributed by atoms with van der Waals surface area (Å²) in [5, 5.41) is 3.90. The molecule has 2 aromatic carbocycles. The van der Waals surface area contributed by atoms with Crippen LogP contribution in [0.5, 0.6) is 5.75 Å². The van der Waals surface area contributed by atoms with Crippen LogP contribution in [0.3, 0.4) is 0 Å². The molecule has 2 N–H and O–H groups in total. The Hall–Kier alpha value is -3.60. The van der Waals surface area contributed by atoms with Gasteiger partial charge in [0.25, 0.3) is 5.91 Å². The normalized spacial score (nSPS) is 23.2. The molecule has 1 aromatic heterocycles. The lowest BCUT2D eigenvalue weighted by molar-refractivity contribution is -0.161. The summed E-state index contributed by atoms with van der Waals surface area (Å²) in [7, 11) is 1.46. The van der Waals surface area contributed by atoms with Gasteiger partial charge in [-0.1, -0.05) is 18.2 Å². The van der Waals surface area contributed by atoms with Crippen molar-refractivity contribution in [2.45, 2.75) is 31.2 Å². The Bertz CT molecular complexity index is 1270. The number of allylic oxidation sites excluding steroid dienone is 1. The van der Waals surface area contributed by atoms with Gasteiger partial charge in [-0.15, -0.1) is 0 Å². The van der Waals surface area contributed by atoms with Gasteiger partial charge in [-0.05, 0) is 36.8 Å². The summed E-state index contributed by atoms with van der Waals surface area (Å²) < 4.78 is 66.1. The molecule has 2 aliphatic rings. The number of ether oxygens (including phenoxy) is 1. The van der Waals surface area contributed by atoms with Crippen molar-refractivity contribution in [3.05, 3.63) is 65.4 Å². The number of nitrogens with zero attached hydrogens (tertiary/aromatic N) is 2. The van der Waals surface area contributed by atoms with Gasteiger partial charge in [0.1, 0.15) is 29.3 Å². The summed E-state index contributed by atoms with van der Waals surface area (Å²) in [6, 6.07) is 7.71. The summed E-state index contributed by atoms with van der Waals surface area (Å²) in [4.78, 5) is 17.7. The molecule has 0 aliphatic carbocycles. The number of hydrogen-bond donors (Lipinski definition) is 2. The van der Waals surface area contributed by atoms with E-state index in [1.165, 1.54) is 19.2 Å². The number of amides is 1. The number of halogens is 4. The number of fused-ring (bicyclic) bond motifs is 2. The SMILES string of the molecule is COc1cccc2oc(C3=C(C)NC4C(c5ccc(F)cc5)C(C(F)(F)F)NN4C3=O)nc12. The molecule has 1 amide bonds. The van der Waals surface area contributed by atoms with Crippen molar-refractivity contribution in [3.8, 4) is 5.75 Å². The molecule has 3 atom stereocenters. The van der Waals surface area contributed by atoms with Crippen molar-refractivity contribution in [2.75, 3.05) is 7.11 Å². The first-order chi connectivity index (χ1) is 15.7. The van der Waals surface area contributed by atoms with E-state index in [-0.39, 0.29) is 17.0 Å². The minimum absolute atomic E-state index is 0.00214. The minimum Gasteiger partial charge on any atom is -0.494 e. The van der Waals surface area contributed by atoms with E-state index in [1.807, 2.05) is 0 Å². The van der Waals surface area contributed by atoms with Crippen molar-refractivity contribution >= 4 is 22.6 Å². The number of carbonyl (C=O) groups excluding carboxylic acids is 1. The maximum Gasteiger partial charge on any atom is 0.406 e. The van der Waals surface area contributed by atoms with Crippen molar-refractivity contribution in [1.82, 2.24) is 20.7 Å². The Morgan fingerprint density at radius 3 is 2.55 bits per heavy atom. The number of hydrazine groups is 1. The van der Waals surface area contributed by atoms with E-state index in [0.29, 0.717) is 22.5 Å². The van der Waals surface area contributed by atoms with Gasteiger partial charge in [-0.3, -0.25) is 4.79 Å². The van der Waals surface area contributed by atoms with E-state index in [0.717, 1.165) is 17.1 Å². The number of nitrogens with one attached hydrogen (secondary N) is 2. The number of aromatic nitrogens is 1. The molecule has 3 unspecified atom stereocenters. The molecule has 172 valence electrons. The highest BCUT2D eigenvalue weighted by Crippen LogP contribution is 2.42. The quantitative estimate of drug-likeness (QED) is 0.578. The van der Waals surface area contributed by atoms with Gasteiger partial charge in [-0.25, -0.2) is 19.8 Å². The standard InChI is InChI=1S/C22H18F4N4O3/c1-10-15(20-28-17-13(32-2)4-3-5-14(17)33-20)21(31)30-19(27-10)16(18(29-30)22(24,25)26)11-6-8-12(23)9-7-11/h3-9,16,18-19,27,29H,1-2H3. The van der Waals surface area contributed by atoms with Crippen LogP contribution in [0.25, 0.3) is 16.7 Å². The molecule has 0 radical (unpaired) electrons. The molecule has 0 saturated carbocycles. The number of para-hydroxylation sites is 1. The lowest BCUT2D eigenvalue weighted by Crippen LogP contribution is -2.54. The molecule has 2 aliphatic heterocycles. The minimum atomic E-state index is -4.67. The zero-order valence-electron chi connectivity index (χ0n) is 17.4. The van der Waals surface area contributed by atoms with Crippen LogP contribution in [-0.2, 0) is 4.79 Å². The van der Waals surface area contributed by atoms with Gasteiger partial charge in [0, 0.05) is 5.70 Å². The van der Waals surface area contributed by atoms with Crippen LogP contribution in [0.2, 0.25) is 0 Å². The van der Waals surface area contributed by atoms with Gasteiger partial charge in [-0.2, -0.15) is 13.2 Å². The molecular formula is C22H18F4N4O3. The second-order valence-electron chi connectivity index (χ2n) is 7.82.